The van der Waals surface area contributed by atoms with E-state index < -0.39 is 12.2 Å². The topological polar surface area (TPSA) is 118 Å². The van der Waals surface area contributed by atoms with Crippen LogP contribution in [0, 0.1) is 0 Å². The third-order valence-corrected chi connectivity index (χ3v) is 3.48. The van der Waals surface area contributed by atoms with Gasteiger partial charge in [0.05, 0.1) is 17.6 Å². The van der Waals surface area contributed by atoms with Gasteiger partial charge in [-0.15, -0.1) is 0 Å². The fourth-order valence-electron chi connectivity index (χ4n) is 2.06. The maximum absolute atomic E-state index is 11.0. The number of carbonyl (C=O) groups excluding carboxylic acids is 1. The average molecular weight is 369 g/mol. The molecule has 0 aliphatic carbocycles. The van der Waals surface area contributed by atoms with E-state index in [4.69, 9.17) is 0 Å². The number of amides is 1. The Labute approximate surface area is 157 Å². The molecular weight excluding hydrogens is 346 g/mol. The van der Waals surface area contributed by atoms with Gasteiger partial charge in [0.1, 0.15) is 17.9 Å². The average Bonchev–Trinajstić information content (AvgIpc) is 2.69. The lowest BCUT2D eigenvalue weighted by Gasteiger charge is -2.18. The molecule has 0 radical (unpaired) electrons. The molecule has 142 valence electrons. The molecule has 0 saturated carbocycles. The normalized spacial score (nSPS) is 13.8. The molecule has 2 aromatic carbocycles. The van der Waals surface area contributed by atoms with Gasteiger partial charge in [0.25, 0.3) is 0 Å². The molecule has 0 aromatic heterocycles. The van der Waals surface area contributed by atoms with Crippen molar-refractivity contribution in [3.63, 3.8) is 0 Å². The van der Waals surface area contributed by atoms with E-state index in [1.54, 1.807) is 12.1 Å². The molecule has 8 heteroatoms. The highest BCUT2D eigenvalue weighted by molar-refractivity contribution is 6.33. The van der Waals surface area contributed by atoms with Crippen molar-refractivity contribution in [1.82, 2.24) is 5.32 Å². The lowest BCUT2D eigenvalue weighted by molar-refractivity contribution is -0.119. The summed E-state index contributed by atoms with van der Waals surface area (Å²) in [5.41, 5.74) is 7.19. The molecule has 2 rings (SSSR count). The van der Waals surface area contributed by atoms with Gasteiger partial charge in [-0.3, -0.25) is 15.6 Å². The fourth-order valence-corrected chi connectivity index (χ4v) is 2.06. The van der Waals surface area contributed by atoms with E-state index in [0.29, 0.717) is 5.69 Å². The largest absolute Gasteiger partial charge is 0.388 e. The van der Waals surface area contributed by atoms with Crippen LogP contribution in [0.15, 0.2) is 70.9 Å². The van der Waals surface area contributed by atoms with Gasteiger partial charge in [-0.2, -0.15) is 10.2 Å². The lowest BCUT2D eigenvalue weighted by Crippen LogP contribution is -2.43. The first-order valence-electron chi connectivity index (χ1n) is 8.39. The smallest absolute Gasteiger partial charge is 0.216 e. The number of aliphatic hydroxyl groups excluding tert-OH is 2. The molecule has 0 aliphatic rings. The number of anilines is 2. The number of nitrogens with zero attached hydrogens (tertiary/aromatic N) is 2. The molecule has 0 bridgehead atoms. The van der Waals surface area contributed by atoms with E-state index in [1.165, 1.54) is 13.1 Å². The van der Waals surface area contributed by atoms with E-state index in [1.807, 2.05) is 48.5 Å². The van der Waals surface area contributed by atoms with Crippen LogP contribution < -0.4 is 16.2 Å². The van der Waals surface area contributed by atoms with Crippen LogP contribution in [0.25, 0.3) is 0 Å². The van der Waals surface area contributed by atoms with Gasteiger partial charge in [0.2, 0.25) is 5.91 Å². The Morgan fingerprint density at radius 2 is 1.56 bits per heavy atom. The second kappa shape index (κ2) is 10.7. The molecule has 8 nitrogen and oxygen atoms in total. The first kappa shape index (κ1) is 20.1. The fraction of sp³-hybridized carbons (Fsp3) is 0.211. The highest BCUT2D eigenvalue weighted by atomic mass is 16.3. The summed E-state index contributed by atoms with van der Waals surface area (Å²) in [5, 5.41) is 31.1. The van der Waals surface area contributed by atoms with Gasteiger partial charge < -0.3 is 15.5 Å². The number of nitrogens with one attached hydrogen (secondary N) is 3. The summed E-state index contributed by atoms with van der Waals surface area (Å²) in [6.45, 7) is 1.22. The quantitative estimate of drug-likeness (QED) is 0.338. The van der Waals surface area contributed by atoms with Gasteiger partial charge in [0, 0.05) is 13.5 Å². The first-order chi connectivity index (χ1) is 13.1. The van der Waals surface area contributed by atoms with Crippen LogP contribution >= 0.6 is 0 Å². The lowest BCUT2D eigenvalue weighted by atomic mass is 10.1. The summed E-state index contributed by atoms with van der Waals surface area (Å²) in [4.78, 5) is 11.0. The molecule has 2 unspecified atom stereocenters. The Hall–Kier alpha value is -3.23. The number of aliphatic hydroxyl groups is 2. The zero-order chi connectivity index (χ0) is 19.5. The molecule has 0 spiro atoms. The van der Waals surface area contributed by atoms with E-state index >= 15 is 0 Å². The molecular formula is C19H23N5O3. The molecule has 0 saturated heterocycles. The monoisotopic (exact) mass is 369 g/mol. The second-order valence-corrected chi connectivity index (χ2v) is 5.70. The summed E-state index contributed by atoms with van der Waals surface area (Å²) in [6.07, 6.45) is -1.28. The van der Waals surface area contributed by atoms with Gasteiger partial charge in [-0.25, -0.2) is 0 Å². The van der Waals surface area contributed by atoms with Crippen molar-refractivity contribution in [2.45, 2.75) is 19.1 Å². The van der Waals surface area contributed by atoms with Crippen LogP contribution in [0.2, 0.25) is 0 Å². The molecule has 2 aromatic rings. The number of carbonyl (C=O) groups is 1. The minimum absolute atomic E-state index is 0.0973. The van der Waals surface area contributed by atoms with E-state index in [-0.39, 0.29) is 18.2 Å². The molecule has 0 aliphatic heterocycles. The Kier molecular flexibility index (Phi) is 7.95. The SMILES string of the molecule is CC(=O)NCC(O)C(O)C(/C=N/Nc1ccccc1)=N/Nc1ccccc1. The molecule has 1 amide bonds. The number of para-hydroxylation sites is 2. The third kappa shape index (κ3) is 7.27. The Morgan fingerprint density at radius 1 is 1.00 bits per heavy atom. The number of benzene rings is 2. The van der Waals surface area contributed by atoms with E-state index in [9.17, 15) is 15.0 Å². The van der Waals surface area contributed by atoms with Crippen LogP contribution in [0.5, 0.6) is 0 Å². The molecule has 0 fully saturated rings. The van der Waals surface area contributed by atoms with Gasteiger partial charge in [0.15, 0.2) is 0 Å². The third-order valence-electron chi connectivity index (χ3n) is 3.48. The maximum Gasteiger partial charge on any atom is 0.216 e. The van der Waals surface area contributed by atoms with Crippen molar-refractivity contribution in [3.8, 4) is 0 Å². The number of hydrazone groups is 2. The van der Waals surface area contributed by atoms with Crippen molar-refractivity contribution >= 4 is 29.2 Å². The van der Waals surface area contributed by atoms with E-state index in [2.05, 4.69) is 26.4 Å². The summed E-state index contributed by atoms with van der Waals surface area (Å²) in [6, 6.07) is 18.4. The summed E-state index contributed by atoms with van der Waals surface area (Å²) < 4.78 is 0. The minimum Gasteiger partial charge on any atom is -0.388 e. The minimum atomic E-state index is -1.35. The standard InChI is InChI=1S/C19H23N5O3/c1-14(25)20-13-18(26)19(27)17(24-23-16-10-6-3-7-11-16)12-21-22-15-8-4-2-5-9-15/h2-12,18-19,22-23,26-27H,13H2,1H3,(H,20,25)/b21-12+,24-17+. The van der Waals surface area contributed by atoms with Crippen molar-refractivity contribution < 1.29 is 15.0 Å². The van der Waals surface area contributed by atoms with Gasteiger partial charge >= 0.3 is 0 Å². The van der Waals surface area contributed by atoms with Crippen molar-refractivity contribution in [1.29, 1.82) is 0 Å². The van der Waals surface area contributed by atoms with Gasteiger partial charge in [-0.05, 0) is 24.3 Å². The first-order valence-corrected chi connectivity index (χ1v) is 8.39. The highest BCUT2D eigenvalue weighted by Gasteiger charge is 2.21. The second-order valence-electron chi connectivity index (χ2n) is 5.70. The maximum atomic E-state index is 11.0. The van der Waals surface area contributed by atoms with Crippen LogP contribution in [-0.4, -0.2) is 46.8 Å². The Bertz CT molecular complexity index is 765. The van der Waals surface area contributed by atoms with Crippen LogP contribution in [0.4, 0.5) is 11.4 Å². The van der Waals surface area contributed by atoms with Crippen molar-refractivity contribution in [3.05, 3.63) is 60.7 Å². The summed E-state index contributed by atoms with van der Waals surface area (Å²) in [7, 11) is 0. The Balaban J connectivity index is 2.10. The van der Waals surface area contributed by atoms with Crippen LogP contribution in [0.1, 0.15) is 6.92 Å². The molecule has 5 N–H and O–H groups in total. The molecule has 0 heterocycles. The van der Waals surface area contributed by atoms with Gasteiger partial charge in [-0.1, -0.05) is 36.4 Å². The molecule has 27 heavy (non-hydrogen) atoms. The predicted molar refractivity (Wildman–Crippen MR) is 107 cm³/mol. The summed E-state index contributed by atoms with van der Waals surface area (Å²) in [5.74, 6) is -0.304. The zero-order valence-electron chi connectivity index (χ0n) is 14.9. The zero-order valence-corrected chi connectivity index (χ0v) is 14.9. The van der Waals surface area contributed by atoms with Crippen molar-refractivity contribution in [2.75, 3.05) is 17.4 Å². The highest BCUT2D eigenvalue weighted by Crippen LogP contribution is 2.07. The number of hydrogen-bond acceptors (Lipinski definition) is 7. The number of rotatable bonds is 9. The summed E-state index contributed by atoms with van der Waals surface area (Å²) >= 11 is 0. The van der Waals surface area contributed by atoms with Crippen LogP contribution in [0.3, 0.4) is 0 Å². The predicted octanol–water partition coefficient (Wildman–Crippen LogP) is 1.41. The number of hydrogen-bond donors (Lipinski definition) is 5. The van der Waals surface area contributed by atoms with Crippen molar-refractivity contribution in [2.24, 2.45) is 10.2 Å². The Morgan fingerprint density at radius 3 is 2.11 bits per heavy atom. The molecule has 2 atom stereocenters. The van der Waals surface area contributed by atoms with Crippen LogP contribution in [-0.2, 0) is 4.79 Å². The van der Waals surface area contributed by atoms with E-state index in [0.717, 1.165) is 5.69 Å².